The van der Waals surface area contributed by atoms with Crippen molar-refractivity contribution in [1.29, 1.82) is 0 Å². The fourth-order valence-electron chi connectivity index (χ4n) is 8.50. The van der Waals surface area contributed by atoms with Crippen molar-refractivity contribution in [2.75, 3.05) is 25.4 Å². The summed E-state index contributed by atoms with van der Waals surface area (Å²) in [4.78, 5) is 44.6. The quantitative estimate of drug-likeness (QED) is 0.0129. The van der Waals surface area contributed by atoms with Crippen LogP contribution in [0.2, 0.25) is 0 Å². The molecule has 0 spiro atoms. The summed E-state index contributed by atoms with van der Waals surface area (Å²) >= 11 is 3.63. The van der Waals surface area contributed by atoms with Crippen LogP contribution in [0.25, 0.3) is 11.3 Å². The van der Waals surface area contributed by atoms with Gasteiger partial charge in [-0.15, -0.1) is 35.0 Å². The molecule has 3 heterocycles. The first-order chi connectivity index (χ1) is 35.0. The number of carbonyl (C=O) groups excluding carboxylic acids is 3. The van der Waals surface area contributed by atoms with Crippen LogP contribution in [0.1, 0.15) is 31.2 Å². The Hall–Kier alpha value is -5.61. The Kier molecular flexibility index (Phi) is 21.8. The number of fused-ring (bicyclic) bond motifs is 1. The number of oxime groups is 1. The number of rotatable bonds is 19. The first kappa shape index (κ1) is 53.2. The summed E-state index contributed by atoms with van der Waals surface area (Å²) in [7, 11) is 2.30. The van der Waals surface area contributed by atoms with Crippen LogP contribution in [0.15, 0.2) is 193 Å². The van der Waals surface area contributed by atoms with Gasteiger partial charge in [0.1, 0.15) is 47.7 Å². The van der Waals surface area contributed by atoms with E-state index in [1.807, 2.05) is 42.1 Å². The molecule has 0 saturated carbocycles. The molecule has 9 rings (SSSR count). The number of amides is 4. The summed E-state index contributed by atoms with van der Waals surface area (Å²) in [6, 6.07) is 68.1. The van der Waals surface area contributed by atoms with Crippen molar-refractivity contribution in [1.82, 2.24) is 26.3 Å². The Morgan fingerprint density at radius 2 is 1.24 bits per heavy atom. The van der Waals surface area contributed by atoms with E-state index in [4.69, 9.17) is 4.84 Å². The minimum atomic E-state index is -1.14. The van der Waals surface area contributed by atoms with Gasteiger partial charge < -0.3 is 31.1 Å². The number of urea groups is 1. The van der Waals surface area contributed by atoms with E-state index in [9.17, 15) is 14.4 Å². The summed E-state index contributed by atoms with van der Waals surface area (Å²) in [6.07, 6.45) is 6.40. The minimum Gasteiger partial charge on any atom is -0.0620 e. The summed E-state index contributed by atoms with van der Waals surface area (Å²) in [5.41, 5.74) is 2.51. The topological polar surface area (TPSA) is 134 Å². The Labute approximate surface area is 439 Å². The predicted molar refractivity (Wildman–Crippen MR) is 295 cm³/mol. The van der Waals surface area contributed by atoms with Crippen LogP contribution in [0.3, 0.4) is 0 Å². The van der Waals surface area contributed by atoms with Gasteiger partial charge in [0.2, 0.25) is 5.91 Å². The zero-order valence-corrected chi connectivity index (χ0v) is 44.7. The van der Waals surface area contributed by atoms with Crippen molar-refractivity contribution >= 4 is 92.7 Å². The van der Waals surface area contributed by atoms with Crippen molar-refractivity contribution in [2.24, 2.45) is 5.16 Å². The number of carbonyl (C=O) groups is 3. The number of nitrogens with zero attached hydrogens (tertiary/aromatic N) is 2. The van der Waals surface area contributed by atoms with Crippen molar-refractivity contribution in [3.63, 3.8) is 0 Å². The van der Waals surface area contributed by atoms with Gasteiger partial charge in [0.05, 0.1) is 12.1 Å². The summed E-state index contributed by atoms with van der Waals surface area (Å²) < 4.78 is 0. The second kappa shape index (κ2) is 29.0. The monoisotopic (exact) mass is 1200 g/mol. The molecule has 6 aromatic carbocycles. The van der Waals surface area contributed by atoms with Gasteiger partial charge in [-0.25, -0.2) is 4.79 Å². The fraction of sp³-hybridized carbons (Fsp3) is 0.196. The molecule has 1 unspecified atom stereocenters. The molecule has 2 aliphatic rings. The minimum absolute atomic E-state index is 0.0336. The normalized spacial score (nSPS) is 15.6. The molecule has 0 radical (unpaired) electrons. The number of nitrogens with one attached hydrogen (secondary N) is 4. The molecular formula is C56H57AuClN6O4P2S+. The summed E-state index contributed by atoms with van der Waals surface area (Å²) in [6.45, 7) is 0.458. The standard InChI is InChI=1S/C30H24P2.C26H31N6O4S.Au.ClH/c1-5-15-25(16-6-1)31(26-17-7-2-8-18-26)29-23-13-14-24-30(29)32(27-19-9-3-10-20-27)28-21-11-4-12-22-28;33-23(7-2-1-6-22-25-21(17-37-22)31-26(35)32-25)28-13-14-29-24(34)16-36-30-15-18-8-10-19(11-9-18)20-5-3-4-12-27-20;;/h1-24H;3-5,8-10,12,15,21-22,25H,1-2,6-7,13-14,16-17H2,(H,28,33)(H,29,34)(H2,31,32,35);;1H/q;-1;+1;/p+1/b;30-15+;;/t;21-,22?,25-;;/m.0../s1. The van der Waals surface area contributed by atoms with Gasteiger partial charge >= 0.3 is 35.2 Å². The van der Waals surface area contributed by atoms with Gasteiger partial charge in [0.25, 0.3) is 5.91 Å². The second-order valence-electron chi connectivity index (χ2n) is 16.6. The number of pyridine rings is 1. The van der Waals surface area contributed by atoms with Gasteiger partial charge in [-0.05, 0) is 85.3 Å². The van der Waals surface area contributed by atoms with E-state index in [1.54, 1.807) is 32.2 Å². The molecule has 71 heavy (non-hydrogen) atoms. The van der Waals surface area contributed by atoms with E-state index < -0.39 is 15.8 Å². The molecule has 4 N–H and O–H groups in total. The molecular weight excluding hydrogens is 1150 g/mol. The second-order valence-corrected chi connectivity index (χ2v) is 22.7. The number of halogens is 1. The summed E-state index contributed by atoms with van der Waals surface area (Å²) in [5.74, 6) is 0.593. The van der Waals surface area contributed by atoms with Crippen LogP contribution in [0, 0.1) is 6.07 Å². The van der Waals surface area contributed by atoms with Crippen LogP contribution in [-0.2, 0) is 34.4 Å². The Morgan fingerprint density at radius 3 is 1.76 bits per heavy atom. The van der Waals surface area contributed by atoms with E-state index >= 15 is 0 Å². The van der Waals surface area contributed by atoms with Crippen LogP contribution in [-0.4, -0.2) is 71.8 Å². The number of aromatic nitrogens is 1. The fourth-order valence-corrected chi connectivity index (χ4v) is 16.0. The molecule has 0 aliphatic carbocycles. The molecule has 2 saturated heterocycles. The van der Waals surface area contributed by atoms with Crippen molar-refractivity contribution in [3.8, 4) is 11.3 Å². The Balaban J connectivity index is 0.000000203. The third-order valence-electron chi connectivity index (χ3n) is 11.8. The van der Waals surface area contributed by atoms with Gasteiger partial charge in [-0.3, -0.25) is 9.59 Å². The van der Waals surface area contributed by atoms with E-state index in [1.165, 1.54) is 38.0 Å². The van der Waals surface area contributed by atoms with E-state index in [0.29, 0.717) is 24.8 Å². The molecule has 2 aliphatic heterocycles. The van der Waals surface area contributed by atoms with Crippen molar-refractivity contribution in [2.45, 2.75) is 43.0 Å². The van der Waals surface area contributed by atoms with Crippen LogP contribution >= 0.6 is 36.8 Å². The molecule has 0 bridgehead atoms. The van der Waals surface area contributed by atoms with Gasteiger partial charge in [-0.1, -0.05) is 109 Å². The Morgan fingerprint density at radius 1 is 0.704 bits per heavy atom. The first-order valence-electron chi connectivity index (χ1n) is 23.5. The van der Waals surface area contributed by atoms with Crippen molar-refractivity contribution < 1.29 is 39.2 Å². The Bertz CT molecular complexity index is 2560. The molecule has 4 amide bonds. The van der Waals surface area contributed by atoms with E-state index in [-0.39, 0.29) is 36.5 Å². The number of thioether (sulfide) groups is 1. The molecule has 10 nitrogen and oxygen atoms in total. The number of benzene rings is 6. The largest absolute Gasteiger partial charge is 0.144 e. The predicted octanol–water partition coefficient (Wildman–Crippen LogP) is 7.21. The third-order valence-corrected chi connectivity index (χ3v) is 19.2. The number of hydrogen-bond donors (Lipinski definition) is 4. The molecule has 3 atom stereocenters. The molecule has 7 aromatic rings. The maximum atomic E-state index is 12.0. The zero-order valence-electron chi connectivity index (χ0n) is 39.0. The zero-order chi connectivity index (χ0) is 49.5. The number of hydrogen-bond acceptors (Lipinski definition) is 7. The summed E-state index contributed by atoms with van der Waals surface area (Å²) in [5, 5.41) is 24.3. The van der Waals surface area contributed by atoms with Gasteiger partial charge in [0, 0.05) is 42.9 Å². The first-order valence-corrected chi connectivity index (χ1v) is 30.2. The molecule has 2 fully saturated rings. The molecule has 15 heteroatoms. The van der Waals surface area contributed by atoms with Gasteiger partial charge in [0.15, 0.2) is 6.61 Å². The van der Waals surface area contributed by atoms with Crippen LogP contribution in [0.5, 0.6) is 0 Å². The number of unbranched alkanes of at least 4 members (excludes halogenated alkanes) is 1. The smallest absolute Gasteiger partial charge is 0.0620 e. The van der Waals surface area contributed by atoms with E-state index in [0.717, 1.165) is 41.8 Å². The SMILES string of the molecule is O=C(CCCCC1SC[C@@H]2NC(=O)N[C@H]12)NCCNC(=O)CO/N=C/c1c[c-]c(-c2ccccn2)cc1.[Cl][Au].c1ccc([PH+](c2ccccc2)c2ccccc2[PH+](c2ccccc2)c2ccccc2)cc1. The van der Waals surface area contributed by atoms with Gasteiger partial charge in [-0.2, -0.15) is 11.8 Å². The third kappa shape index (κ3) is 15.9. The van der Waals surface area contributed by atoms with E-state index in [2.05, 4.69) is 192 Å². The molecule has 368 valence electrons. The average Bonchev–Trinajstić information content (AvgIpc) is 3.99. The maximum absolute atomic E-state index is 12.0. The maximum Gasteiger partial charge on any atom is 0.144 e. The molecule has 1 aromatic heterocycles. The van der Waals surface area contributed by atoms with Crippen LogP contribution in [0.4, 0.5) is 4.79 Å². The average molecular weight is 1200 g/mol. The van der Waals surface area contributed by atoms with Crippen LogP contribution < -0.4 is 53.1 Å². The van der Waals surface area contributed by atoms with Crippen molar-refractivity contribution in [3.05, 3.63) is 200 Å².